The molecule has 2 N–H and O–H groups in total. The number of imide groups is 1. The molecule has 152 valence electrons. The number of benzene rings is 1. The Balaban J connectivity index is 1.76. The van der Waals surface area contributed by atoms with Crippen molar-refractivity contribution in [3.8, 4) is 5.75 Å². The molecule has 30 heavy (non-hydrogen) atoms. The molecule has 4 atom stereocenters. The zero-order valence-corrected chi connectivity index (χ0v) is 16.1. The largest absolute Gasteiger partial charge is 0.505 e. The average Bonchev–Trinajstić information content (AvgIpc) is 3.01. The van der Waals surface area contributed by atoms with E-state index in [9.17, 15) is 28.7 Å². The van der Waals surface area contributed by atoms with Crippen LogP contribution in [0.25, 0.3) is 0 Å². The monoisotopic (exact) mass is 407 g/mol. The molecule has 0 unspecified atom stereocenters. The number of allylic oxidation sites excluding steroid dienone is 6. The number of carbonyl (C=O) groups excluding carboxylic acids is 4. The lowest BCUT2D eigenvalue weighted by Gasteiger charge is -2.42. The fourth-order valence-electron chi connectivity index (χ4n) is 5.39. The maximum absolute atomic E-state index is 14.2. The molecule has 1 aromatic carbocycles. The highest BCUT2D eigenvalue weighted by atomic mass is 19.1. The molecule has 7 heteroatoms. The van der Waals surface area contributed by atoms with Crippen LogP contribution in [0.4, 0.5) is 4.39 Å². The quantitative estimate of drug-likeness (QED) is 0.423. The number of phenolic OH excluding ortho intramolecular Hbond substituents is 1. The van der Waals surface area contributed by atoms with Crippen LogP contribution in [0.5, 0.6) is 5.75 Å². The van der Waals surface area contributed by atoms with E-state index in [1.807, 2.05) is 6.08 Å². The Morgan fingerprint density at radius 3 is 2.63 bits per heavy atom. The van der Waals surface area contributed by atoms with Gasteiger partial charge in [-0.3, -0.25) is 24.5 Å². The number of nitrogens with one attached hydrogen (secondary N) is 1. The summed E-state index contributed by atoms with van der Waals surface area (Å²) >= 11 is 0. The normalized spacial score (nSPS) is 30.3. The van der Waals surface area contributed by atoms with Crippen LogP contribution in [0.3, 0.4) is 0 Å². The van der Waals surface area contributed by atoms with Gasteiger partial charge in [-0.2, -0.15) is 0 Å². The van der Waals surface area contributed by atoms with Crippen molar-refractivity contribution in [3.05, 3.63) is 64.0 Å². The smallest absolute Gasteiger partial charge is 0.231 e. The van der Waals surface area contributed by atoms with Gasteiger partial charge in [0.05, 0.1) is 11.8 Å². The van der Waals surface area contributed by atoms with Crippen molar-refractivity contribution in [3.63, 3.8) is 0 Å². The summed E-state index contributed by atoms with van der Waals surface area (Å²) < 4.78 is 14.2. The molecule has 1 fully saturated rings. The van der Waals surface area contributed by atoms with E-state index in [2.05, 4.69) is 5.32 Å². The third-order valence-electron chi connectivity index (χ3n) is 6.74. The Morgan fingerprint density at radius 1 is 1.10 bits per heavy atom. The summed E-state index contributed by atoms with van der Waals surface area (Å²) in [5, 5.41) is 12.8. The van der Waals surface area contributed by atoms with Crippen molar-refractivity contribution >= 4 is 23.4 Å². The highest BCUT2D eigenvalue weighted by Gasteiger charge is 2.53. The van der Waals surface area contributed by atoms with Crippen molar-refractivity contribution in [2.75, 3.05) is 0 Å². The van der Waals surface area contributed by atoms with Gasteiger partial charge in [0.25, 0.3) is 0 Å². The highest BCUT2D eigenvalue weighted by molar-refractivity contribution is 6.23. The zero-order chi connectivity index (χ0) is 21.3. The van der Waals surface area contributed by atoms with Crippen LogP contribution in [0.1, 0.15) is 31.2 Å². The van der Waals surface area contributed by atoms with Gasteiger partial charge >= 0.3 is 0 Å². The molecular weight excluding hydrogens is 389 g/mol. The van der Waals surface area contributed by atoms with E-state index in [0.717, 1.165) is 6.07 Å². The Labute approximate surface area is 171 Å². The van der Waals surface area contributed by atoms with Crippen LogP contribution in [-0.2, 0) is 19.2 Å². The third kappa shape index (κ3) is 2.41. The van der Waals surface area contributed by atoms with E-state index in [1.54, 1.807) is 6.92 Å². The third-order valence-corrected chi connectivity index (χ3v) is 6.74. The molecule has 3 aliphatic carbocycles. The number of para-hydroxylation sites is 1. The molecule has 1 heterocycles. The predicted molar refractivity (Wildman–Crippen MR) is 103 cm³/mol. The van der Waals surface area contributed by atoms with Gasteiger partial charge in [0.15, 0.2) is 23.1 Å². The number of hydrogen-bond acceptors (Lipinski definition) is 5. The van der Waals surface area contributed by atoms with Crippen LogP contribution < -0.4 is 5.32 Å². The first-order chi connectivity index (χ1) is 14.3. The minimum Gasteiger partial charge on any atom is -0.505 e. The molecule has 4 aliphatic rings. The molecule has 0 saturated carbocycles. The minimum absolute atomic E-state index is 0.157. The summed E-state index contributed by atoms with van der Waals surface area (Å²) in [6, 6.07) is 4.07. The first-order valence-electron chi connectivity index (χ1n) is 9.82. The number of halogens is 1. The van der Waals surface area contributed by atoms with Crippen LogP contribution in [-0.4, -0.2) is 28.5 Å². The maximum atomic E-state index is 14.2. The number of fused-ring (bicyclic) bond motifs is 3. The molecule has 0 aromatic heterocycles. The number of carbonyl (C=O) groups is 4. The first kappa shape index (κ1) is 18.7. The summed E-state index contributed by atoms with van der Waals surface area (Å²) in [5.74, 6) is -5.31. The number of ketones is 2. The Kier molecular flexibility index (Phi) is 3.93. The average molecular weight is 407 g/mol. The summed E-state index contributed by atoms with van der Waals surface area (Å²) in [5.41, 5.74) is 1.64. The van der Waals surface area contributed by atoms with Gasteiger partial charge in [-0.15, -0.1) is 0 Å². The van der Waals surface area contributed by atoms with Gasteiger partial charge in [-0.25, -0.2) is 4.39 Å². The van der Waals surface area contributed by atoms with Crippen molar-refractivity contribution in [1.82, 2.24) is 5.32 Å². The maximum Gasteiger partial charge on any atom is 0.231 e. The number of rotatable bonds is 1. The second-order valence-electron chi connectivity index (χ2n) is 8.26. The lowest BCUT2D eigenvalue weighted by atomic mass is 9.59. The number of hydrogen-bond donors (Lipinski definition) is 2. The SMILES string of the molecule is CC1=CC(=O)C2=C(C1=O)[C@@H](c1cccc(F)c1O)C1=CC[C@@H]3C(=O)NC(=O)[C@@H]3[C@@H]1C2. The second-order valence-corrected chi connectivity index (χ2v) is 8.26. The topological polar surface area (TPSA) is 101 Å². The van der Waals surface area contributed by atoms with E-state index in [1.165, 1.54) is 18.2 Å². The summed E-state index contributed by atoms with van der Waals surface area (Å²) in [6.45, 7) is 1.55. The van der Waals surface area contributed by atoms with Crippen LogP contribution in [0, 0.1) is 23.6 Å². The van der Waals surface area contributed by atoms with Crippen LogP contribution in [0.15, 0.2) is 52.6 Å². The second kappa shape index (κ2) is 6.32. The highest BCUT2D eigenvalue weighted by Crippen LogP contribution is 2.55. The minimum atomic E-state index is -0.848. The summed E-state index contributed by atoms with van der Waals surface area (Å²) in [6.07, 6.45) is 3.55. The molecule has 0 spiro atoms. The zero-order valence-electron chi connectivity index (χ0n) is 16.1. The number of Topliss-reactive ketones (excluding diaryl/α,β-unsaturated/α-hetero) is 1. The van der Waals surface area contributed by atoms with Crippen molar-refractivity contribution in [2.24, 2.45) is 17.8 Å². The van der Waals surface area contributed by atoms with Crippen molar-refractivity contribution in [1.29, 1.82) is 0 Å². The number of phenols is 1. The number of aromatic hydroxyl groups is 1. The fourth-order valence-corrected chi connectivity index (χ4v) is 5.39. The molecule has 6 nitrogen and oxygen atoms in total. The van der Waals surface area contributed by atoms with Gasteiger partial charge in [-0.05, 0) is 37.8 Å². The molecular formula is C23H18FNO5. The Hall–Kier alpha value is -3.35. The van der Waals surface area contributed by atoms with Gasteiger partial charge in [0.1, 0.15) is 0 Å². The van der Waals surface area contributed by atoms with E-state index in [-0.39, 0.29) is 46.2 Å². The standard InChI is InChI=1S/C23H18FNO5/c1-9-7-16(26)14-8-13-10(5-6-12-18(13)23(30)25-22(12)29)17(19(14)20(9)27)11-3-2-4-15(24)21(11)28/h2-5,7,12-13,17-18,28H,6,8H2,1H3,(H,25,29,30)/t12-,13+,17+,18-/m0/s1. The molecule has 1 aromatic rings. The molecule has 5 rings (SSSR count). The molecule has 1 saturated heterocycles. The summed E-state index contributed by atoms with van der Waals surface area (Å²) in [7, 11) is 0. The van der Waals surface area contributed by atoms with E-state index < -0.39 is 41.1 Å². The fraction of sp³-hybridized carbons (Fsp3) is 0.304. The van der Waals surface area contributed by atoms with E-state index in [4.69, 9.17) is 0 Å². The van der Waals surface area contributed by atoms with Crippen LogP contribution in [0.2, 0.25) is 0 Å². The predicted octanol–water partition coefficient (Wildman–Crippen LogP) is 2.25. The molecule has 2 amide bonds. The van der Waals surface area contributed by atoms with Gasteiger partial charge in [-0.1, -0.05) is 23.8 Å². The van der Waals surface area contributed by atoms with Gasteiger partial charge in [0.2, 0.25) is 11.8 Å². The van der Waals surface area contributed by atoms with E-state index >= 15 is 0 Å². The Morgan fingerprint density at radius 2 is 1.87 bits per heavy atom. The van der Waals surface area contributed by atoms with Gasteiger partial charge < -0.3 is 5.11 Å². The van der Waals surface area contributed by atoms with E-state index in [0.29, 0.717) is 12.0 Å². The van der Waals surface area contributed by atoms with Crippen molar-refractivity contribution in [2.45, 2.75) is 25.7 Å². The molecule has 1 aliphatic heterocycles. The van der Waals surface area contributed by atoms with Crippen LogP contribution >= 0.6 is 0 Å². The summed E-state index contributed by atoms with van der Waals surface area (Å²) in [4.78, 5) is 50.6. The Bertz CT molecular complexity index is 1160. The van der Waals surface area contributed by atoms with Gasteiger partial charge in [0, 0.05) is 28.2 Å². The first-order valence-corrected chi connectivity index (χ1v) is 9.82. The molecule has 0 radical (unpaired) electrons. The molecule has 0 bridgehead atoms. The lowest BCUT2D eigenvalue weighted by molar-refractivity contribution is -0.126. The van der Waals surface area contributed by atoms with Crippen molar-refractivity contribution < 1.29 is 28.7 Å². The number of amides is 2. The lowest BCUT2D eigenvalue weighted by Crippen LogP contribution is -2.39.